The first-order valence-electron chi connectivity index (χ1n) is 9.11. The average Bonchev–Trinajstić information content (AvgIpc) is 3.15. The molecule has 0 unspecified atom stereocenters. The molecule has 0 aliphatic carbocycles. The Kier molecular flexibility index (Phi) is 6.03. The molecule has 3 rings (SSSR count). The lowest BCUT2D eigenvalue weighted by atomic mass is 10.2. The molecule has 148 valence electrons. The van der Waals surface area contributed by atoms with Gasteiger partial charge in [0.15, 0.2) is 5.16 Å². The SMILES string of the molecule is CCCn1c(SCC(=O)Nc2c(C)nn(-c3ccc(C)cc3)c2C)n[nH]c1=O. The monoisotopic (exact) mass is 400 g/mol. The Balaban J connectivity index is 1.71. The topological polar surface area (TPSA) is 97.6 Å². The van der Waals surface area contributed by atoms with Crippen molar-refractivity contribution in [1.82, 2.24) is 24.5 Å². The van der Waals surface area contributed by atoms with E-state index in [0.29, 0.717) is 17.4 Å². The minimum absolute atomic E-state index is 0.155. The lowest BCUT2D eigenvalue weighted by Gasteiger charge is -2.08. The Morgan fingerprint density at radius 3 is 2.61 bits per heavy atom. The maximum absolute atomic E-state index is 12.5. The Hall–Kier alpha value is -2.81. The van der Waals surface area contributed by atoms with Gasteiger partial charge in [-0.2, -0.15) is 5.10 Å². The van der Waals surface area contributed by atoms with Crippen LogP contribution in [0, 0.1) is 20.8 Å². The van der Waals surface area contributed by atoms with E-state index < -0.39 is 0 Å². The zero-order valence-electron chi connectivity index (χ0n) is 16.4. The number of amides is 1. The number of H-pyrrole nitrogens is 1. The van der Waals surface area contributed by atoms with Crippen molar-refractivity contribution in [2.45, 2.75) is 45.8 Å². The maximum Gasteiger partial charge on any atom is 0.343 e. The van der Waals surface area contributed by atoms with Crippen LogP contribution in [0.15, 0.2) is 34.2 Å². The number of aryl methyl sites for hydroxylation is 2. The highest BCUT2D eigenvalue weighted by Crippen LogP contribution is 2.23. The molecule has 0 atom stereocenters. The van der Waals surface area contributed by atoms with Crippen molar-refractivity contribution in [3.8, 4) is 5.69 Å². The summed E-state index contributed by atoms with van der Waals surface area (Å²) in [4.78, 5) is 24.2. The number of nitrogens with zero attached hydrogens (tertiary/aromatic N) is 4. The van der Waals surface area contributed by atoms with Gasteiger partial charge in [0.1, 0.15) is 0 Å². The van der Waals surface area contributed by atoms with E-state index in [4.69, 9.17) is 0 Å². The van der Waals surface area contributed by atoms with Crippen molar-refractivity contribution in [1.29, 1.82) is 0 Å². The first-order chi connectivity index (χ1) is 13.4. The van der Waals surface area contributed by atoms with Crippen LogP contribution in [0.2, 0.25) is 0 Å². The van der Waals surface area contributed by atoms with Gasteiger partial charge in [-0.25, -0.2) is 14.6 Å². The minimum Gasteiger partial charge on any atom is -0.322 e. The summed E-state index contributed by atoms with van der Waals surface area (Å²) in [7, 11) is 0. The summed E-state index contributed by atoms with van der Waals surface area (Å²) in [5.74, 6) is -0.0130. The van der Waals surface area contributed by atoms with Crippen LogP contribution in [0.25, 0.3) is 5.69 Å². The maximum atomic E-state index is 12.5. The fourth-order valence-electron chi connectivity index (χ4n) is 2.90. The van der Waals surface area contributed by atoms with Crippen LogP contribution in [-0.2, 0) is 11.3 Å². The molecule has 0 aliphatic heterocycles. The van der Waals surface area contributed by atoms with Crippen molar-refractivity contribution < 1.29 is 4.79 Å². The molecule has 0 radical (unpaired) electrons. The van der Waals surface area contributed by atoms with Crippen LogP contribution in [-0.4, -0.2) is 36.2 Å². The number of benzene rings is 1. The van der Waals surface area contributed by atoms with Crippen molar-refractivity contribution in [2.75, 3.05) is 11.1 Å². The molecule has 0 fully saturated rings. The molecule has 0 aliphatic rings. The van der Waals surface area contributed by atoms with Gasteiger partial charge in [0.2, 0.25) is 5.91 Å². The second-order valence-electron chi connectivity index (χ2n) is 6.59. The van der Waals surface area contributed by atoms with E-state index in [1.807, 2.05) is 56.6 Å². The number of aromatic amines is 1. The molecule has 0 saturated heterocycles. The third-order valence-corrected chi connectivity index (χ3v) is 5.31. The second kappa shape index (κ2) is 8.47. The normalized spacial score (nSPS) is 11.0. The molecule has 28 heavy (non-hydrogen) atoms. The third-order valence-electron chi connectivity index (χ3n) is 4.34. The Bertz CT molecular complexity index is 1030. The third kappa shape index (κ3) is 4.19. The molecule has 0 spiro atoms. The first kappa shape index (κ1) is 19.9. The molecule has 1 aromatic carbocycles. The van der Waals surface area contributed by atoms with Crippen molar-refractivity contribution in [3.63, 3.8) is 0 Å². The Labute approximate surface area is 167 Å². The highest BCUT2D eigenvalue weighted by molar-refractivity contribution is 7.99. The lowest BCUT2D eigenvalue weighted by molar-refractivity contribution is -0.113. The number of hydrogen-bond donors (Lipinski definition) is 2. The van der Waals surface area contributed by atoms with Gasteiger partial charge in [0, 0.05) is 6.54 Å². The van der Waals surface area contributed by atoms with Gasteiger partial charge in [-0.05, 0) is 39.3 Å². The van der Waals surface area contributed by atoms with Gasteiger partial charge in [-0.1, -0.05) is 36.4 Å². The van der Waals surface area contributed by atoms with Gasteiger partial charge in [-0.15, -0.1) is 5.10 Å². The summed E-state index contributed by atoms with van der Waals surface area (Å²) < 4.78 is 3.37. The Morgan fingerprint density at radius 2 is 1.93 bits per heavy atom. The van der Waals surface area contributed by atoms with E-state index >= 15 is 0 Å². The van der Waals surface area contributed by atoms with Crippen molar-refractivity contribution in [2.24, 2.45) is 0 Å². The van der Waals surface area contributed by atoms with E-state index in [1.54, 1.807) is 4.57 Å². The average molecular weight is 401 g/mol. The molecular formula is C19H24N6O2S. The summed E-state index contributed by atoms with van der Waals surface area (Å²) in [5.41, 5.74) is 4.19. The highest BCUT2D eigenvalue weighted by Gasteiger charge is 2.16. The molecule has 0 bridgehead atoms. The largest absolute Gasteiger partial charge is 0.343 e. The fourth-order valence-corrected chi connectivity index (χ4v) is 3.67. The van der Waals surface area contributed by atoms with E-state index in [-0.39, 0.29) is 17.3 Å². The van der Waals surface area contributed by atoms with Gasteiger partial charge in [0.25, 0.3) is 0 Å². The van der Waals surface area contributed by atoms with E-state index in [0.717, 1.165) is 23.5 Å². The summed E-state index contributed by atoms with van der Waals surface area (Å²) >= 11 is 1.23. The fraction of sp³-hybridized carbons (Fsp3) is 0.368. The van der Waals surface area contributed by atoms with Crippen LogP contribution in [0.3, 0.4) is 0 Å². The van der Waals surface area contributed by atoms with Gasteiger partial charge in [-0.3, -0.25) is 9.36 Å². The first-order valence-corrected chi connectivity index (χ1v) is 10.1. The molecule has 8 nitrogen and oxygen atoms in total. The minimum atomic E-state index is -0.254. The van der Waals surface area contributed by atoms with Crippen LogP contribution < -0.4 is 11.0 Å². The summed E-state index contributed by atoms with van der Waals surface area (Å²) in [6, 6.07) is 8.06. The molecule has 3 aromatic rings. The second-order valence-corrected chi connectivity index (χ2v) is 7.54. The number of nitrogens with one attached hydrogen (secondary N) is 2. The predicted molar refractivity (Wildman–Crippen MR) is 110 cm³/mol. The summed E-state index contributed by atoms with van der Waals surface area (Å²) in [5, 5.41) is 14.4. The molecule has 2 aromatic heterocycles. The number of aromatic nitrogens is 5. The number of anilines is 1. The standard InChI is InChI=1S/C19H24N6O2S/c1-5-10-24-18(27)21-22-19(24)28-11-16(26)20-17-13(3)23-25(14(17)4)15-8-6-12(2)7-9-15/h6-9H,5,10-11H2,1-4H3,(H,20,26)(H,21,27). The molecule has 9 heteroatoms. The predicted octanol–water partition coefficient (Wildman–Crippen LogP) is 2.82. The van der Waals surface area contributed by atoms with E-state index in [9.17, 15) is 9.59 Å². The molecule has 1 amide bonds. The number of carbonyl (C=O) groups excluding carboxylic acids is 1. The van der Waals surface area contributed by atoms with E-state index in [2.05, 4.69) is 20.6 Å². The zero-order chi connectivity index (χ0) is 20.3. The smallest absolute Gasteiger partial charge is 0.322 e. The van der Waals surface area contributed by atoms with Gasteiger partial charge < -0.3 is 5.32 Å². The highest BCUT2D eigenvalue weighted by atomic mass is 32.2. The van der Waals surface area contributed by atoms with Crippen LogP contribution in [0.4, 0.5) is 5.69 Å². The molecular weight excluding hydrogens is 376 g/mol. The number of rotatable bonds is 7. The van der Waals surface area contributed by atoms with E-state index in [1.165, 1.54) is 17.3 Å². The molecule has 0 saturated carbocycles. The summed E-state index contributed by atoms with van der Waals surface area (Å²) in [6.07, 6.45) is 0.815. The van der Waals surface area contributed by atoms with Crippen molar-refractivity contribution in [3.05, 3.63) is 51.7 Å². The van der Waals surface area contributed by atoms with Gasteiger partial charge >= 0.3 is 5.69 Å². The number of carbonyl (C=O) groups is 1. The van der Waals surface area contributed by atoms with Gasteiger partial charge in [0.05, 0.1) is 28.5 Å². The lowest BCUT2D eigenvalue weighted by Crippen LogP contribution is -2.19. The number of hydrogen-bond acceptors (Lipinski definition) is 5. The number of thioether (sulfide) groups is 1. The quantitative estimate of drug-likeness (QED) is 0.595. The zero-order valence-corrected chi connectivity index (χ0v) is 17.3. The van der Waals surface area contributed by atoms with Crippen molar-refractivity contribution >= 4 is 23.4 Å². The molecule has 2 heterocycles. The van der Waals surface area contributed by atoms with Crippen LogP contribution in [0.5, 0.6) is 0 Å². The van der Waals surface area contributed by atoms with Crippen LogP contribution in [0.1, 0.15) is 30.3 Å². The van der Waals surface area contributed by atoms with Crippen LogP contribution >= 0.6 is 11.8 Å². The Morgan fingerprint density at radius 1 is 1.21 bits per heavy atom. The summed E-state index contributed by atoms with van der Waals surface area (Å²) in [6.45, 7) is 8.38. The molecule has 2 N–H and O–H groups in total.